The number of nitrogens with zero attached hydrogens (tertiary/aromatic N) is 4. The van der Waals surface area contributed by atoms with Gasteiger partial charge in [-0.2, -0.15) is 5.10 Å². The lowest BCUT2D eigenvalue weighted by Gasteiger charge is -2.34. The second kappa shape index (κ2) is 9.96. The van der Waals surface area contributed by atoms with Gasteiger partial charge in [0.15, 0.2) is 11.5 Å². The number of hydrogen-bond acceptors (Lipinski definition) is 7. The van der Waals surface area contributed by atoms with Crippen molar-refractivity contribution < 1.29 is 23.8 Å². The number of carbonyl (C=O) groups excluding carboxylic acids is 2. The van der Waals surface area contributed by atoms with Gasteiger partial charge in [-0.1, -0.05) is 0 Å². The minimum Gasteiger partial charge on any atom is -0.493 e. The first-order valence-corrected chi connectivity index (χ1v) is 9.96. The molecule has 10 nitrogen and oxygen atoms in total. The first kappa shape index (κ1) is 22.1. The topological polar surface area (TPSA) is 103 Å². The smallest absolute Gasteiger partial charge is 0.409 e. The lowest BCUT2D eigenvalue weighted by atomic mass is 10.1. The van der Waals surface area contributed by atoms with Crippen molar-refractivity contribution in [1.82, 2.24) is 19.6 Å². The summed E-state index contributed by atoms with van der Waals surface area (Å²) in [4.78, 5) is 40.0. The van der Waals surface area contributed by atoms with Gasteiger partial charge in [0.1, 0.15) is 6.54 Å². The quantitative estimate of drug-likeness (QED) is 0.679. The molecular formula is C21H26N4O6. The first-order chi connectivity index (χ1) is 15.0. The highest BCUT2D eigenvalue weighted by Gasteiger charge is 2.25. The normalized spacial score (nSPS) is 13.6. The number of methoxy groups -OCH3 is 2. The molecular weight excluding hydrogens is 404 g/mol. The Kier molecular flexibility index (Phi) is 7.11. The third-order valence-corrected chi connectivity index (χ3v) is 4.99. The summed E-state index contributed by atoms with van der Waals surface area (Å²) in [5.41, 5.74) is 0.880. The maximum Gasteiger partial charge on any atom is 0.409 e. The van der Waals surface area contributed by atoms with Gasteiger partial charge in [0, 0.05) is 37.8 Å². The van der Waals surface area contributed by atoms with Gasteiger partial charge in [-0.25, -0.2) is 9.48 Å². The van der Waals surface area contributed by atoms with Crippen LogP contribution in [-0.4, -0.2) is 78.6 Å². The third-order valence-electron chi connectivity index (χ3n) is 4.99. The molecule has 0 atom stereocenters. The van der Waals surface area contributed by atoms with Crippen LogP contribution in [0.1, 0.15) is 6.92 Å². The predicted octanol–water partition coefficient (Wildman–Crippen LogP) is 1.23. The first-order valence-electron chi connectivity index (χ1n) is 9.96. The number of benzene rings is 1. The van der Waals surface area contributed by atoms with Crippen LogP contribution in [0.5, 0.6) is 11.5 Å². The summed E-state index contributed by atoms with van der Waals surface area (Å²) in [6, 6.07) is 8.29. The van der Waals surface area contributed by atoms with Crippen LogP contribution in [0.15, 0.2) is 35.1 Å². The summed E-state index contributed by atoms with van der Waals surface area (Å²) < 4.78 is 16.7. The number of carbonyl (C=O) groups is 2. The van der Waals surface area contributed by atoms with Gasteiger partial charge in [0.25, 0.3) is 5.56 Å². The van der Waals surface area contributed by atoms with E-state index in [4.69, 9.17) is 14.2 Å². The van der Waals surface area contributed by atoms with Gasteiger partial charge >= 0.3 is 6.09 Å². The van der Waals surface area contributed by atoms with Crippen molar-refractivity contribution in [1.29, 1.82) is 0 Å². The lowest BCUT2D eigenvalue weighted by molar-refractivity contribution is -0.133. The Labute approximate surface area is 179 Å². The van der Waals surface area contributed by atoms with E-state index >= 15 is 0 Å². The maximum atomic E-state index is 12.7. The van der Waals surface area contributed by atoms with Crippen LogP contribution < -0.4 is 15.0 Å². The second-order valence-corrected chi connectivity index (χ2v) is 6.85. The lowest BCUT2D eigenvalue weighted by Crippen LogP contribution is -2.51. The number of aromatic nitrogens is 2. The molecule has 3 rings (SSSR count). The Bertz CT molecular complexity index is 998. The fourth-order valence-corrected chi connectivity index (χ4v) is 3.29. The van der Waals surface area contributed by atoms with Crippen molar-refractivity contribution in [2.24, 2.45) is 0 Å². The van der Waals surface area contributed by atoms with Gasteiger partial charge in [0.05, 0.1) is 26.5 Å². The van der Waals surface area contributed by atoms with Crippen molar-refractivity contribution in [3.63, 3.8) is 0 Å². The average Bonchev–Trinajstić information content (AvgIpc) is 2.80. The molecule has 0 unspecified atom stereocenters. The van der Waals surface area contributed by atoms with Crippen LogP contribution in [0.25, 0.3) is 11.3 Å². The van der Waals surface area contributed by atoms with E-state index in [-0.39, 0.29) is 24.1 Å². The highest BCUT2D eigenvalue weighted by molar-refractivity contribution is 5.76. The monoisotopic (exact) mass is 430 g/mol. The number of piperazine rings is 1. The van der Waals surface area contributed by atoms with E-state index in [0.29, 0.717) is 50.0 Å². The Morgan fingerprint density at radius 1 is 0.968 bits per heavy atom. The van der Waals surface area contributed by atoms with E-state index in [9.17, 15) is 14.4 Å². The molecule has 1 aromatic heterocycles. The van der Waals surface area contributed by atoms with Crippen molar-refractivity contribution in [2.45, 2.75) is 13.5 Å². The molecule has 31 heavy (non-hydrogen) atoms. The largest absolute Gasteiger partial charge is 0.493 e. The molecule has 1 fully saturated rings. The summed E-state index contributed by atoms with van der Waals surface area (Å²) in [7, 11) is 3.09. The van der Waals surface area contributed by atoms with Gasteiger partial charge < -0.3 is 24.0 Å². The molecule has 1 saturated heterocycles. The van der Waals surface area contributed by atoms with Crippen molar-refractivity contribution in [2.75, 3.05) is 47.0 Å². The fourth-order valence-electron chi connectivity index (χ4n) is 3.29. The van der Waals surface area contributed by atoms with Crippen LogP contribution in [0.3, 0.4) is 0 Å². The number of ether oxygens (including phenoxy) is 3. The summed E-state index contributed by atoms with van der Waals surface area (Å²) in [5.74, 6) is 0.884. The summed E-state index contributed by atoms with van der Waals surface area (Å²) in [5, 5.41) is 4.35. The molecule has 0 N–H and O–H groups in total. The van der Waals surface area contributed by atoms with Gasteiger partial charge in [-0.15, -0.1) is 0 Å². The summed E-state index contributed by atoms with van der Waals surface area (Å²) >= 11 is 0. The molecule has 2 heterocycles. The Morgan fingerprint density at radius 2 is 1.65 bits per heavy atom. The zero-order valence-electron chi connectivity index (χ0n) is 17.9. The van der Waals surface area contributed by atoms with Gasteiger partial charge in [-0.05, 0) is 31.2 Å². The third kappa shape index (κ3) is 5.14. The molecule has 0 aliphatic carbocycles. The zero-order chi connectivity index (χ0) is 22.4. The number of hydrogen-bond donors (Lipinski definition) is 0. The molecule has 0 bridgehead atoms. The van der Waals surface area contributed by atoms with Crippen LogP contribution in [0, 0.1) is 0 Å². The Hall–Kier alpha value is -3.56. The van der Waals surface area contributed by atoms with Crippen LogP contribution >= 0.6 is 0 Å². The standard InChI is InChI=1S/C21H26N4O6/c1-4-31-21(28)24-11-9-23(10-12-24)20(27)14-25-19(26)8-6-16(22-25)15-5-7-17(29-2)18(13-15)30-3/h5-8,13H,4,9-12,14H2,1-3H3. The average molecular weight is 430 g/mol. The van der Waals surface area contributed by atoms with Crippen molar-refractivity contribution >= 4 is 12.0 Å². The Morgan fingerprint density at radius 3 is 2.29 bits per heavy atom. The van der Waals surface area contributed by atoms with Gasteiger partial charge in [-0.3, -0.25) is 9.59 Å². The highest BCUT2D eigenvalue weighted by atomic mass is 16.6. The van der Waals surface area contributed by atoms with E-state index < -0.39 is 0 Å². The zero-order valence-corrected chi connectivity index (χ0v) is 17.9. The number of rotatable bonds is 6. The number of amides is 2. The SMILES string of the molecule is CCOC(=O)N1CCN(C(=O)Cn2nc(-c3ccc(OC)c(OC)c3)ccc2=O)CC1. The van der Waals surface area contributed by atoms with Crippen molar-refractivity contribution in [3.05, 3.63) is 40.7 Å². The van der Waals surface area contributed by atoms with E-state index in [0.717, 1.165) is 10.2 Å². The molecule has 0 spiro atoms. The minimum atomic E-state index is -0.380. The summed E-state index contributed by atoms with van der Waals surface area (Å²) in [6.45, 7) is 3.40. The second-order valence-electron chi connectivity index (χ2n) is 6.85. The molecule has 1 aliphatic rings. The maximum absolute atomic E-state index is 12.7. The highest BCUT2D eigenvalue weighted by Crippen LogP contribution is 2.31. The van der Waals surface area contributed by atoms with E-state index in [1.54, 1.807) is 48.1 Å². The van der Waals surface area contributed by atoms with Crippen LogP contribution in [-0.2, 0) is 16.1 Å². The molecule has 10 heteroatoms. The Balaban J connectivity index is 1.71. The van der Waals surface area contributed by atoms with E-state index in [1.807, 2.05) is 0 Å². The van der Waals surface area contributed by atoms with E-state index in [1.165, 1.54) is 13.2 Å². The predicted molar refractivity (Wildman–Crippen MR) is 112 cm³/mol. The van der Waals surface area contributed by atoms with E-state index in [2.05, 4.69) is 5.10 Å². The van der Waals surface area contributed by atoms with Crippen LogP contribution in [0.2, 0.25) is 0 Å². The molecule has 2 aromatic rings. The fraction of sp³-hybridized carbons (Fsp3) is 0.429. The summed E-state index contributed by atoms with van der Waals surface area (Å²) in [6.07, 6.45) is -0.380. The van der Waals surface area contributed by atoms with Crippen molar-refractivity contribution in [3.8, 4) is 22.8 Å². The molecule has 0 radical (unpaired) electrons. The minimum absolute atomic E-state index is 0.181. The molecule has 2 amide bonds. The molecule has 1 aromatic carbocycles. The van der Waals surface area contributed by atoms with Gasteiger partial charge in [0.2, 0.25) is 5.91 Å². The molecule has 0 saturated carbocycles. The molecule has 1 aliphatic heterocycles. The molecule has 166 valence electrons. The van der Waals surface area contributed by atoms with Crippen LogP contribution in [0.4, 0.5) is 4.79 Å².